The third-order valence-corrected chi connectivity index (χ3v) is 6.60. The average molecular weight is 536 g/mol. The number of carboxylic acid groups (broad SMARTS) is 1. The lowest BCUT2D eigenvalue weighted by molar-refractivity contribution is -0.873. The van der Waals surface area contributed by atoms with Gasteiger partial charge < -0.3 is 19.1 Å². The molecular formula is C29H45NO8. The Hall–Kier alpha value is -2.30. The summed E-state index contributed by atoms with van der Waals surface area (Å²) in [7, 11) is 5.72. The maximum absolute atomic E-state index is 12.1. The maximum atomic E-state index is 12.1. The number of likely N-dealkylation sites (N-methyl/N-ethyl adjacent to an activating group) is 1. The van der Waals surface area contributed by atoms with Crippen LogP contribution in [0.15, 0.2) is 48.6 Å². The minimum absolute atomic E-state index is 0.0475. The Balaban J connectivity index is 1.69. The van der Waals surface area contributed by atoms with Gasteiger partial charge >= 0.3 is 5.97 Å². The van der Waals surface area contributed by atoms with E-state index in [9.17, 15) is 20.0 Å². The van der Waals surface area contributed by atoms with Crippen LogP contribution in [0.2, 0.25) is 0 Å². The molecule has 0 aromatic carbocycles. The first-order valence-corrected chi connectivity index (χ1v) is 13.6. The van der Waals surface area contributed by atoms with Gasteiger partial charge in [0.25, 0.3) is 0 Å². The molecule has 2 fully saturated rings. The number of ether oxygens (including phenoxy) is 1. The zero-order valence-corrected chi connectivity index (χ0v) is 23.2. The van der Waals surface area contributed by atoms with E-state index in [2.05, 4.69) is 30.0 Å². The van der Waals surface area contributed by atoms with Gasteiger partial charge in [-0.3, -0.25) is 10.1 Å². The van der Waals surface area contributed by atoms with Gasteiger partial charge in [0.15, 0.2) is 6.10 Å². The minimum atomic E-state index is -1.23. The number of carboxylic acids is 1. The van der Waals surface area contributed by atoms with Crippen molar-refractivity contribution in [2.45, 2.75) is 82.7 Å². The number of hydrogen-bond acceptors (Lipinski definition) is 8. The number of nitrogens with zero attached hydrogens (tertiary/aromatic N) is 1. The molecule has 2 aliphatic rings. The van der Waals surface area contributed by atoms with Crippen LogP contribution in [-0.2, 0) is 29.0 Å². The molecule has 2 rings (SSSR count). The number of allylic oxidation sites excluding steroid dienone is 5. The van der Waals surface area contributed by atoms with E-state index in [0.29, 0.717) is 36.2 Å². The molecule has 2 bridgehead atoms. The van der Waals surface area contributed by atoms with Gasteiger partial charge in [-0.25, -0.2) is 14.7 Å². The summed E-state index contributed by atoms with van der Waals surface area (Å²) in [6, 6.07) is 0. The normalized spacial score (nSPS) is 25.3. The first-order chi connectivity index (χ1) is 18.1. The summed E-state index contributed by atoms with van der Waals surface area (Å²) in [5.74, 6) is -1.06. The molecule has 1 saturated carbocycles. The van der Waals surface area contributed by atoms with Crippen molar-refractivity contribution in [3.8, 4) is 0 Å². The van der Waals surface area contributed by atoms with Gasteiger partial charge in [0.2, 0.25) is 0 Å². The first kappa shape index (κ1) is 31.9. The molecule has 0 amide bonds. The topological polar surface area (TPSA) is 114 Å². The van der Waals surface area contributed by atoms with Gasteiger partial charge in [-0.2, -0.15) is 0 Å². The third-order valence-electron chi connectivity index (χ3n) is 6.60. The molecule has 9 nitrogen and oxygen atoms in total. The Morgan fingerprint density at radius 2 is 1.82 bits per heavy atom. The lowest BCUT2D eigenvalue weighted by atomic mass is 9.89. The van der Waals surface area contributed by atoms with Gasteiger partial charge in [-0.1, -0.05) is 55.5 Å². The molecule has 6 atom stereocenters. The zero-order valence-electron chi connectivity index (χ0n) is 23.2. The molecular weight excluding hydrogens is 490 g/mol. The fraction of sp³-hybridized carbons (Fsp3) is 0.655. The van der Waals surface area contributed by atoms with Crippen LogP contribution in [0.4, 0.5) is 0 Å². The number of carbonyl (C=O) groups is 2. The minimum Gasteiger partial charge on any atom is -0.550 e. The molecule has 0 aromatic rings. The highest BCUT2D eigenvalue weighted by Gasteiger charge is 2.49. The van der Waals surface area contributed by atoms with Crippen molar-refractivity contribution in [3.05, 3.63) is 48.6 Å². The van der Waals surface area contributed by atoms with E-state index in [4.69, 9.17) is 14.5 Å². The maximum Gasteiger partial charge on any atom is 0.306 e. The van der Waals surface area contributed by atoms with Crippen LogP contribution in [0, 0.1) is 11.8 Å². The van der Waals surface area contributed by atoms with Crippen molar-refractivity contribution >= 4 is 11.9 Å². The standard InChI is InChI=1S/C29H45NO8/c1-5-6-11-15-24-25(27-20-26(24)37-38-27)18-17-22(36-34)14-12-9-7-8-10-13-16-29(33)35-23(19-28(31)32)21-30(2,3)4/h6,8-12,17-18,22-27H,5,7,13-16,19-21H2,1-4H3,(H-,31,32,34)/b10-8+,11-6+,12-9+,18-17+. The molecule has 214 valence electrons. The lowest BCUT2D eigenvalue weighted by Gasteiger charge is -2.29. The molecule has 9 heteroatoms. The summed E-state index contributed by atoms with van der Waals surface area (Å²) in [4.78, 5) is 38.5. The largest absolute Gasteiger partial charge is 0.550 e. The zero-order chi connectivity index (χ0) is 28.0. The molecule has 38 heavy (non-hydrogen) atoms. The summed E-state index contributed by atoms with van der Waals surface area (Å²) in [5, 5.41) is 20.3. The van der Waals surface area contributed by atoms with Crippen LogP contribution in [0.5, 0.6) is 0 Å². The predicted octanol–water partition coefficient (Wildman–Crippen LogP) is 3.52. The number of aliphatic carboxylic acids is 1. The summed E-state index contributed by atoms with van der Waals surface area (Å²) < 4.78 is 5.83. The van der Waals surface area contributed by atoms with Crippen molar-refractivity contribution in [3.63, 3.8) is 0 Å². The van der Waals surface area contributed by atoms with Gasteiger partial charge in [-0.05, 0) is 32.1 Å². The van der Waals surface area contributed by atoms with Crippen molar-refractivity contribution in [2.75, 3.05) is 27.7 Å². The third kappa shape index (κ3) is 12.0. The van der Waals surface area contributed by atoms with E-state index in [0.717, 1.165) is 19.3 Å². The van der Waals surface area contributed by atoms with E-state index < -0.39 is 24.1 Å². The molecule has 0 spiro atoms. The highest BCUT2D eigenvalue weighted by molar-refractivity contribution is 5.71. The summed E-state index contributed by atoms with van der Waals surface area (Å²) in [6.07, 6.45) is 19.5. The Morgan fingerprint density at radius 3 is 2.50 bits per heavy atom. The fourth-order valence-corrected chi connectivity index (χ4v) is 4.85. The predicted molar refractivity (Wildman–Crippen MR) is 141 cm³/mol. The van der Waals surface area contributed by atoms with Gasteiger partial charge in [0.1, 0.15) is 18.8 Å². The van der Waals surface area contributed by atoms with Crippen molar-refractivity contribution in [1.82, 2.24) is 0 Å². The van der Waals surface area contributed by atoms with E-state index in [1.54, 1.807) is 0 Å². The summed E-state index contributed by atoms with van der Waals surface area (Å²) >= 11 is 0. The monoisotopic (exact) mass is 535 g/mol. The van der Waals surface area contributed by atoms with Crippen molar-refractivity contribution < 1.29 is 43.8 Å². The molecule has 1 N–H and O–H groups in total. The van der Waals surface area contributed by atoms with Crippen LogP contribution in [-0.4, -0.2) is 73.8 Å². The molecule has 1 saturated heterocycles. The number of quaternary nitrogens is 1. The van der Waals surface area contributed by atoms with E-state index >= 15 is 0 Å². The Labute approximate surface area is 226 Å². The Morgan fingerprint density at radius 1 is 1.08 bits per heavy atom. The van der Waals surface area contributed by atoms with Crippen molar-refractivity contribution in [1.29, 1.82) is 0 Å². The van der Waals surface area contributed by atoms with Crippen LogP contribution >= 0.6 is 0 Å². The molecule has 0 radical (unpaired) electrons. The van der Waals surface area contributed by atoms with Gasteiger partial charge in [0.05, 0.1) is 27.2 Å². The molecule has 6 unspecified atom stereocenters. The Kier molecular flexibility index (Phi) is 14.0. The molecule has 1 aliphatic carbocycles. The SMILES string of the molecule is CC/C=C/CC1C2CC(OO2)C1/C=C/C(C/C=C/C/C=C/CCC(=O)OC(CC(=O)[O-])C[N+](C)(C)C)OO. The van der Waals surface area contributed by atoms with Gasteiger partial charge in [-0.15, -0.1) is 0 Å². The second-order valence-electron chi connectivity index (χ2n) is 11.0. The van der Waals surface area contributed by atoms with Crippen LogP contribution < -0.4 is 5.11 Å². The number of rotatable bonds is 18. The van der Waals surface area contributed by atoms with Crippen molar-refractivity contribution in [2.24, 2.45) is 11.8 Å². The molecule has 1 heterocycles. The molecule has 1 aliphatic heterocycles. The van der Waals surface area contributed by atoms with Crippen LogP contribution in [0.1, 0.15) is 58.3 Å². The summed E-state index contributed by atoms with van der Waals surface area (Å²) in [6.45, 7) is 2.51. The number of hydrogen-bond donors (Lipinski definition) is 1. The number of carbonyl (C=O) groups excluding carboxylic acids is 2. The molecule has 0 aromatic heterocycles. The Bertz CT molecular complexity index is 844. The van der Waals surface area contributed by atoms with Gasteiger partial charge in [0, 0.05) is 37.1 Å². The van der Waals surface area contributed by atoms with Crippen LogP contribution in [0.25, 0.3) is 0 Å². The smallest absolute Gasteiger partial charge is 0.306 e. The fourth-order valence-electron chi connectivity index (χ4n) is 4.85. The van der Waals surface area contributed by atoms with E-state index in [1.165, 1.54) is 0 Å². The number of fused-ring (bicyclic) bond motifs is 2. The van der Waals surface area contributed by atoms with E-state index in [-0.39, 0.29) is 31.0 Å². The second-order valence-corrected chi connectivity index (χ2v) is 11.0. The van der Waals surface area contributed by atoms with Crippen LogP contribution in [0.3, 0.4) is 0 Å². The average Bonchev–Trinajstić information content (AvgIpc) is 3.43. The highest BCUT2D eigenvalue weighted by Crippen LogP contribution is 2.44. The quantitative estimate of drug-likeness (QED) is 0.0932. The number of esters is 1. The highest BCUT2D eigenvalue weighted by atomic mass is 17.2. The second kappa shape index (κ2) is 16.6. The van der Waals surface area contributed by atoms with E-state index in [1.807, 2.05) is 51.5 Å². The first-order valence-electron chi connectivity index (χ1n) is 13.6. The lowest BCUT2D eigenvalue weighted by Crippen LogP contribution is -2.45. The summed E-state index contributed by atoms with van der Waals surface area (Å²) in [5.41, 5.74) is 0.